The monoisotopic (exact) mass is 365 g/mol. The molecule has 0 aliphatic heterocycles. The Balaban J connectivity index is 3.11. The summed E-state index contributed by atoms with van der Waals surface area (Å²) in [5.74, 6) is -0.507. The van der Waals surface area contributed by atoms with Crippen molar-refractivity contribution in [2.45, 2.75) is 59.3 Å². The number of amides is 2. The summed E-state index contributed by atoms with van der Waals surface area (Å²) in [6, 6.07) is 6.46. The average molecular weight is 365 g/mol. The summed E-state index contributed by atoms with van der Waals surface area (Å²) in [4.78, 5) is 37.5. The number of ether oxygens (including phenoxy) is 3. The zero-order valence-corrected chi connectivity index (χ0v) is 16.4. The van der Waals surface area contributed by atoms with E-state index in [-0.39, 0.29) is 6.54 Å². The Morgan fingerprint density at radius 1 is 0.923 bits per heavy atom. The van der Waals surface area contributed by atoms with Gasteiger partial charge in [-0.25, -0.2) is 19.3 Å². The molecule has 0 saturated carbocycles. The fourth-order valence-corrected chi connectivity index (χ4v) is 1.93. The predicted molar refractivity (Wildman–Crippen MR) is 95.8 cm³/mol. The van der Waals surface area contributed by atoms with Gasteiger partial charge in [-0.3, -0.25) is 0 Å². The van der Waals surface area contributed by atoms with Gasteiger partial charge in [0.25, 0.3) is 0 Å². The second-order valence-electron chi connectivity index (χ2n) is 7.74. The molecule has 0 atom stereocenters. The molecule has 0 N–H and O–H groups in total. The second-order valence-corrected chi connectivity index (χ2v) is 7.74. The Kier molecular flexibility index (Phi) is 6.78. The molecule has 0 radical (unpaired) electrons. The minimum Gasteiger partial charge on any atom is -0.465 e. The lowest BCUT2D eigenvalue weighted by atomic mass is 10.1. The van der Waals surface area contributed by atoms with Crippen LogP contribution >= 0.6 is 0 Å². The van der Waals surface area contributed by atoms with E-state index in [1.54, 1.807) is 65.8 Å². The van der Waals surface area contributed by atoms with Gasteiger partial charge in [0, 0.05) is 0 Å². The fourth-order valence-electron chi connectivity index (χ4n) is 1.93. The van der Waals surface area contributed by atoms with Crippen LogP contribution in [0.15, 0.2) is 24.3 Å². The van der Waals surface area contributed by atoms with Crippen molar-refractivity contribution in [3.63, 3.8) is 0 Å². The molecule has 0 heterocycles. The van der Waals surface area contributed by atoms with E-state index in [1.165, 1.54) is 7.11 Å². The van der Waals surface area contributed by atoms with Gasteiger partial charge in [0.05, 0.1) is 19.2 Å². The van der Waals surface area contributed by atoms with Crippen LogP contribution in [0.3, 0.4) is 0 Å². The van der Waals surface area contributed by atoms with E-state index in [1.807, 2.05) is 0 Å². The Bertz CT molecular complexity index is 641. The molecule has 7 heteroatoms. The van der Waals surface area contributed by atoms with Crippen molar-refractivity contribution in [2.24, 2.45) is 0 Å². The van der Waals surface area contributed by atoms with Crippen molar-refractivity contribution in [3.8, 4) is 0 Å². The lowest BCUT2D eigenvalue weighted by molar-refractivity contribution is -0.000256. The van der Waals surface area contributed by atoms with Gasteiger partial charge < -0.3 is 14.2 Å². The van der Waals surface area contributed by atoms with Crippen LogP contribution < -0.4 is 0 Å². The van der Waals surface area contributed by atoms with E-state index in [9.17, 15) is 14.4 Å². The number of hydrogen-bond donors (Lipinski definition) is 0. The third-order valence-corrected chi connectivity index (χ3v) is 2.92. The topological polar surface area (TPSA) is 82.1 Å². The summed E-state index contributed by atoms with van der Waals surface area (Å²) >= 11 is 0. The largest absolute Gasteiger partial charge is 0.465 e. The highest BCUT2D eigenvalue weighted by atomic mass is 16.6. The van der Waals surface area contributed by atoms with E-state index in [0.717, 1.165) is 4.90 Å². The number of nitrogens with zero attached hydrogens (tertiary/aromatic N) is 1. The van der Waals surface area contributed by atoms with E-state index in [2.05, 4.69) is 4.74 Å². The molecular weight excluding hydrogens is 338 g/mol. The summed E-state index contributed by atoms with van der Waals surface area (Å²) in [5.41, 5.74) is -0.667. The number of benzene rings is 1. The molecule has 0 fully saturated rings. The van der Waals surface area contributed by atoms with Crippen LogP contribution in [0.2, 0.25) is 0 Å². The molecule has 26 heavy (non-hydrogen) atoms. The smallest absolute Gasteiger partial charge is 0.420 e. The van der Waals surface area contributed by atoms with Crippen LogP contribution in [-0.2, 0) is 20.8 Å². The summed E-state index contributed by atoms with van der Waals surface area (Å²) in [6.45, 7) is 10.1. The van der Waals surface area contributed by atoms with Crippen LogP contribution in [0.1, 0.15) is 57.5 Å². The quantitative estimate of drug-likeness (QED) is 0.591. The molecular formula is C19H27NO6. The third kappa shape index (κ3) is 7.13. The molecule has 0 aliphatic carbocycles. The highest BCUT2D eigenvalue weighted by Crippen LogP contribution is 2.18. The maximum absolute atomic E-state index is 12.5. The Labute approximate surface area is 154 Å². The number of esters is 1. The van der Waals surface area contributed by atoms with Crippen LogP contribution in [0.25, 0.3) is 0 Å². The minimum atomic E-state index is -0.824. The van der Waals surface area contributed by atoms with Crippen molar-refractivity contribution in [1.82, 2.24) is 4.90 Å². The van der Waals surface area contributed by atoms with Gasteiger partial charge >= 0.3 is 18.2 Å². The van der Waals surface area contributed by atoms with Crippen molar-refractivity contribution in [2.75, 3.05) is 7.11 Å². The summed E-state index contributed by atoms with van der Waals surface area (Å²) < 4.78 is 15.3. The molecule has 0 aliphatic rings. The number of imide groups is 1. The summed E-state index contributed by atoms with van der Waals surface area (Å²) in [7, 11) is 1.28. The average Bonchev–Trinajstić information content (AvgIpc) is 2.48. The molecule has 0 spiro atoms. The first kappa shape index (κ1) is 21.5. The molecule has 7 nitrogen and oxygen atoms in total. The third-order valence-electron chi connectivity index (χ3n) is 2.92. The number of methoxy groups -OCH3 is 1. The van der Waals surface area contributed by atoms with E-state index >= 15 is 0 Å². The zero-order chi connectivity index (χ0) is 20.1. The van der Waals surface area contributed by atoms with Crippen LogP contribution in [0, 0.1) is 0 Å². The van der Waals surface area contributed by atoms with Gasteiger partial charge in [-0.1, -0.05) is 12.1 Å². The lowest BCUT2D eigenvalue weighted by Gasteiger charge is -2.28. The van der Waals surface area contributed by atoms with Crippen LogP contribution in [-0.4, -0.2) is 41.4 Å². The van der Waals surface area contributed by atoms with Crippen LogP contribution in [0.4, 0.5) is 9.59 Å². The molecule has 144 valence electrons. The van der Waals surface area contributed by atoms with E-state index in [4.69, 9.17) is 9.47 Å². The number of rotatable bonds is 3. The second kappa shape index (κ2) is 8.21. The number of carbonyl (C=O) groups excluding carboxylic acids is 3. The molecule has 0 aromatic heterocycles. The SMILES string of the molecule is COC(=O)c1cccc(CN(C(=O)OC(C)(C)C)C(=O)OC(C)(C)C)c1. The molecule has 1 aromatic carbocycles. The molecule has 2 amide bonds. The molecule has 0 unspecified atom stereocenters. The van der Waals surface area contributed by atoms with E-state index < -0.39 is 29.4 Å². The first-order valence-corrected chi connectivity index (χ1v) is 8.23. The molecule has 0 bridgehead atoms. The first-order chi connectivity index (χ1) is 11.8. The fraction of sp³-hybridized carbons (Fsp3) is 0.526. The maximum atomic E-state index is 12.5. The zero-order valence-electron chi connectivity index (χ0n) is 16.4. The summed E-state index contributed by atoms with van der Waals surface area (Å²) in [5, 5.41) is 0. The van der Waals surface area contributed by atoms with Gasteiger partial charge in [-0.15, -0.1) is 0 Å². The van der Waals surface area contributed by atoms with Gasteiger partial charge in [0.15, 0.2) is 0 Å². The van der Waals surface area contributed by atoms with Gasteiger partial charge in [0.2, 0.25) is 0 Å². The Hall–Kier alpha value is -2.57. The highest BCUT2D eigenvalue weighted by molar-refractivity contribution is 5.90. The first-order valence-electron chi connectivity index (χ1n) is 8.23. The number of hydrogen-bond acceptors (Lipinski definition) is 6. The normalized spacial score (nSPS) is 11.5. The van der Waals surface area contributed by atoms with Crippen molar-refractivity contribution in [3.05, 3.63) is 35.4 Å². The van der Waals surface area contributed by atoms with Gasteiger partial charge in [-0.2, -0.15) is 0 Å². The van der Waals surface area contributed by atoms with Crippen molar-refractivity contribution in [1.29, 1.82) is 0 Å². The van der Waals surface area contributed by atoms with E-state index in [0.29, 0.717) is 11.1 Å². The Morgan fingerprint density at radius 2 is 1.42 bits per heavy atom. The predicted octanol–water partition coefficient (Wildman–Crippen LogP) is 4.15. The van der Waals surface area contributed by atoms with Crippen molar-refractivity contribution >= 4 is 18.2 Å². The highest BCUT2D eigenvalue weighted by Gasteiger charge is 2.31. The lowest BCUT2D eigenvalue weighted by Crippen LogP contribution is -2.43. The molecule has 1 aromatic rings. The van der Waals surface area contributed by atoms with Crippen LogP contribution in [0.5, 0.6) is 0 Å². The number of carbonyl (C=O) groups is 3. The minimum absolute atomic E-state index is 0.103. The van der Waals surface area contributed by atoms with Gasteiger partial charge in [-0.05, 0) is 59.2 Å². The molecule has 1 rings (SSSR count). The summed E-state index contributed by atoms with van der Waals surface area (Å²) in [6.07, 6.45) is -1.65. The van der Waals surface area contributed by atoms with Crippen molar-refractivity contribution < 1.29 is 28.6 Å². The molecule has 0 saturated heterocycles. The standard InChI is InChI=1S/C19H27NO6/c1-18(2,3)25-16(22)20(17(23)26-19(4,5)6)12-13-9-8-10-14(11-13)15(21)24-7/h8-11H,12H2,1-7H3. The maximum Gasteiger partial charge on any atom is 0.420 e. The Morgan fingerprint density at radius 3 is 1.85 bits per heavy atom. The van der Waals surface area contributed by atoms with Gasteiger partial charge in [0.1, 0.15) is 11.2 Å².